The lowest BCUT2D eigenvalue weighted by molar-refractivity contribution is -0.154. The van der Waals surface area contributed by atoms with Crippen molar-refractivity contribution in [1.82, 2.24) is 25.8 Å². The maximum Gasteiger partial charge on any atom is 0.334 e. The summed E-state index contributed by atoms with van der Waals surface area (Å²) in [4.78, 5) is 96.4. The van der Waals surface area contributed by atoms with Crippen molar-refractivity contribution in [3.63, 3.8) is 0 Å². The fourth-order valence-electron chi connectivity index (χ4n) is 5.84. The number of rotatable bonds is 6. The van der Waals surface area contributed by atoms with E-state index >= 15 is 0 Å². The molecule has 14 nitrogen and oxygen atoms in total. The first-order chi connectivity index (χ1) is 25.4. The van der Waals surface area contributed by atoms with Gasteiger partial charge < -0.3 is 35.2 Å². The van der Waals surface area contributed by atoms with Gasteiger partial charge in [-0.3, -0.25) is 24.0 Å². The fourth-order valence-corrected chi connectivity index (χ4v) is 5.84. The molecule has 1 aromatic rings. The highest BCUT2D eigenvalue weighted by atomic mass is 16.5. The summed E-state index contributed by atoms with van der Waals surface area (Å²) in [6, 6.07) is 4.88. The minimum absolute atomic E-state index is 0.0208. The highest BCUT2D eigenvalue weighted by Gasteiger charge is 2.35. The van der Waals surface area contributed by atoms with Crippen molar-refractivity contribution in [3.05, 3.63) is 47.5 Å². The Balaban J connectivity index is 2.49. The highest BCUT2D eigenvalue weighted by Crippen LogP contribution is 2.16. The smallest absolute Gasteiger partial charge is 0.334 e. The van der Waals surface area contributed by atoms with E-state index in [1.54, 1.807) is 32.1 Å². The van der Waals surface area contributed by atoms with E-state index < -0.39 is 78.3 Å². The number of nitrogens with zero attached hydrogens (tertiary/aromatic N) is 2. The number of allylic oxidation sites excluding steroid dienone is 1. The lowest BCUT2D eigenvalue weighted by Gasteiger charge is -2.33. The molecular formula is C40H61N5O9. The van der Waals surface area contributed by atoms with Gasteiger partial charge in [-0.15, -0.1) is 0 Å². The monoisotopic (exact) mass is 755 g/mol. The molecule has 2 unspecified atom stereocenters. The number of cyclic esters (lactones) is 2. The van der Waals surface area contributed by atoms with Crippen LogP contribution in [-0.2, 0) is 49.5 Å². The maximum absolute atomic E-state index is 14.0. The Hall–Kier alpha value is -4.75. The van der Waals surface area contributed by atoms with Crippen molar-refractivity contribution in [2.24, 2.45) is 17.8 Å². The van der Waals surface area contributed by atoms with Gasteiger partial charge in [-0.1, -0.05) is 77.4 Å². The molecule has 0 fully saturated rings. The van der Waals surface area contributed by atoms with Crippen LogP contribution in [-0.4, -0.2) is 109 Å². The summed E-state index contributed by atoms with van der Waals surface area (Å²) in [7, 11) is 2.88. The summed E-state index contributed by atoms with van der Waals surface area (Å²) < 4.78 is 11.1. The SMILES string of the molecule is CCC(C)C1NC(=O)CN(C)C(=O)[C@@H](Cc2ccccc2)N(C)C(=O)[C@H](C)NC(=O)[C@@H](CC(C)C)OC(=O)/C(C)=C/CC[C@@H](C)COC(=O)[C@@H](C)NC1=O. The predicted octanol–water partition coefficient (Wildman–Crippen LogP) is 2.93. The zero-order chi connectivity index (χ0) is 40.7. The molecule has 0 saturated carbocycles. The number of likely N-dealkylation sites (N-methyl/N-ethyl adjacent to an activating group) is 2. The van der Waals surface area contributed by atoms with Crippen LogP contribution in [0.25, 0.3) is 0 Å². The van der Waals surface area contributed by atoms with E-state index in [0.717, 1.165) is 5.56 Å². The number of hydrogen-bond donors (Lipinski definition) is 3. The summed E-state index contributed by atoms with van der Waals surface area (Å²) in [6.07, 6.45) is 2.43. The molecular weight excluding hydrogens is 694 g/mol. The number of carbonyl (C=O) groups excluding carboxylic acids is 7. The molecule has 300 valence electrons. The van der Waals surface area contributed by atoms with Gasteiger partial charge in [-0.2, -0.15) is 0 Å². The highest BCUT2D eigenvalue weighted by molar-refractivity contribution is 5.96. The van der Waals surface area contributed by atoms with Crippen LogP contribution < -0.4 is 16.0 Å². The Labute approximate surface area is 320 Å². The number of benzene rings is 1. The molecule has 2 rings (SSSR count). The Morgan fingerprint density at radius 1 is 0.852 bits per heavy atom. The first kappa shape index (κ1) is 45.4. The third-order valence-electron chi connectivity index (χ3n) is 9.55. The molecule has 14 heteroatoms. The van der Waals surface area contributed by atoms with Crippen molar-refractivity contribution in [3.8, 4) is 0 Å². The summed E-state index contributed by atoms with van der Waals surface area (Å²) in [5.41, 5.74) is 1.06. The van der Waals surface area contributed by atoms with Gasteiger partial charge in [0.1, 0.15) is 24.2 Å². The van der Waals surface area contributed by atoms with Crippen molar-refractivity contribution >= 4 is 41.5 Å². The molecule has 0 aromatic heterocycles. The van der Waals surface area contributed by atoms with Crippen LogP contribution in [0.3, 0.4) is 0 Å². The second kappa shape index (κ2) is 21.8. The van der Waals surface area contributed by atoms with E-state index in [1.807, 2.05) is 45.9 Å². The van der Waals surface area contributed by atoms with Gasteiger partial charge in [0.15, 0.2) is 6.10 Å². The van der Waals surface area contributed by atoms with Gasteiger partial charge >= 0.3 is 11.9 Å². The molecule has 0 spiro atoms. The number of ether oxygens (including phenoxy) is 2. The van der Waals surface area contributed by atoms with E-state index in [9.17, 15) is 33.6 Å². The minimum atomic E-state index is -1.17. The molecule has 7 atom stereocenters. The van der Waals surface area contributed by atoms with Crippen molar-refractivity contribution in [1.29, 1.82) is 0 Å². The number of carbonyl (C=O) groups is 7. The Morgan fingerprint density at radius 3 is 2.09 bits per heavy atom. The fraction of sp³-hybridized carbons (Fsp3) is 0.625. The second-order valence-electron chi connectivity index (χ2n) is 15.0. The number of hydrogen-bond acceptors (Lipinski definition) is 9. The average Bonchev–Trinajstić information content (AvgIpc) is 3.12. The van der Waals surface area contributed by atoms with E-state index in [-0.39, 0.29) is 37.2 Å². The zero-order valence-corrected chi connectivity index (χ0v) is 33.6. The average molecular weight is 756 g/mol. The molecule has 0 saturated heterocycles. The quantitative estimate of drug-likeness (QED) is 0.368. The molecule has 0 aliphatic carbocycles. The van der Waals surface area contributed by atoms with Crippen LogP contribution in [0.2, 0.25) is 0 Å². The Morgan fingerprint density at radius 2 is 1.48 bits per heavy atom. The lowest BCUT2D eigenvalue weighted by Crippen LogP contribution is -2.57. The zero-order valence-electron chi connectivity index (χ0n) is 33.6. The van der Waals surface area contributed by atoms with E-state index in [4.69, 9.17) is 9.47 Å². The maximum atomic E-state index is 14.0. The minimum Gasteiger partial charge on any atom is -0.464 e. The molecule has 1 heterocycles. The van der Waals surface area contributed by atoms with Gasteiger partial charge in [-0.25, -0.2) is 9.59 Å². The third kappa shape index (κ3) is 14.2. The van der Waals surface area contributed by atoms with Crippen molar-refractivity contribution in [2.45, 2.75) is 118 Å². The molecule has 1 aromatic carbocycles. The Bertz CT molecular complexity index is 1500. The van der Waals surface area contributed by atoms with E-state index in [1.165, 1.54) is 37.7 Å². The number of amides is 5. The van der Waals surface area contributed by atoms with Crippen molar-refractivity contribution in [2.75, 3.05) is 27.2 Å². The van der Waals surface area contributed by atoms with Gasteiger partial charge in [0.2, 0.25) is 23.6 Å². The molecule has 1 aliphatic rings. The largest absolute Gasteiger partial charge is 0.464 e. The van der Waals surface area contributed by atoms with Crippen LogP contribution >= 0.6 is 0 Å². The van der Waals surface area contributed by atoms with E-state index in [0.29, 0.717) is 24.8 Å². The Kier molecular flexibility index (Phi) is 18.4. The predicted molar refractivity (Wildman–Crippen MR) is 203 cm³/mol. The third-order valence-corrected chi connectivity index (χ3v) is 9.55. The first-order valence-electron chi connectivity index (χ1n) is 18.9. The first-order valence-corrected chi connectivity index (χ1v) is 18.9. The van der Waals surface area contributed by atoms with Crippen molar-refractivity contribution < 1.29 is 43.0 Å². The summed E-state index contributed by atoms with van der Waals surface area (Å²) in [5, 5.41) is 8.05. The van der Waals surface area contributed by atoms with Gasteiger partial charge in [0, 0.05) is 26.1 Å². The van der Waals surface area contributed by atoms with Crippen LogP contribution in [0, 0.1) is 17.8 Å². The molecule has 3 N–H and O–H groups in total. The van der Waals surface area contributed by atoms with Crippen LogP contribution in [0.1, 0.15) is 86.6 Å². The summed E-state index contributed by atoms with van der Waals surface area (Å²) in [6.45, 7) is 13.5. The molecule has 1 aliphatic heterocycles. The molecule has 0 bridgehead atoms. The molecule has 5 amide bonds. The molecule has 54 heavy (non-hydrogen) atoms. The normalized spacial score (nSPS) is 27.2. The second-order valence-corrected chi connectivity index (χ2v) is 15.0. The topological polar surface area (TPSA) is 181 Å². The lowest BCUT2D eigenvalue weighted by atomic mass is 9.98. The van der Waals surface area contributed by atoms with Gasteiger partial charge in [0.05, 0.1) is 13.2 Å². The van der Waals surface area contributed by atoms with Crippen LogP contribution in [0.5, 0.6) is 0 Å². The number of nitrogens with one attached hydrogen (secondary N) is 3. The van der Waals surface area contributed by atoms with Crippen LogP contribution in [0.4, 0.5) is 0 Å². The number of esters is 2. The molecule has 0 radical (unpaired) electrons. The van der Waals surface area contributed by atoms with Gasteiger partial charge in [0.25, 0.3) is 5.91 Å². The van der Waals surface area contributed by atoms with Crippen LogP contribution in [0.15, 0.2) is 42.0 Å². The summed E-state index contributed by atoms with van der Waals surface area (Å²) >= 11 is 0. The summed E-state index contributed by atoms with van der Waals surface area (Å²) in [5.74, 6) is -4.68. The standard InChI is InChI=1S/C40H61N5O9/c1-11-26(5)34-36(48)42-29(8)40(52)53-23-25(4)16-15-17-27(6)39(51)54-32(20-24(2)3)35(47)41-28(7)37(49)45(10)31(21-30-18-13-12-14-19-30)38(50)44(9)22-33(46)43-34/h12-14,17-19,24-26,28-29,31-32,34H,11,15-16,20-23H2,1-10H3,(H,41,47)(H,42,48)(H,43,46)/b27-17+/t25-,26?,28+,29-,31-,32-,34?/m1/s1. The van der Waals surface area contributed by atoms with Gasteiger partial charge in [-0.05, 0) is 63.4 Å². The van der Waals surface area contributed by atoms with E-state index in [2.05, 4.69) is 16.0 Å².